The van der Waals surface area contributed by atoms with Crippen molar-refractivity contribution in [3.05, 3.63) is 35.6 Å². The maximum atomic E-state index is 13.4. The minimum Gasteiger partial charge on any atom is -0.316 e. The minimum absolute atomic E-state index is 0.131. The SMILES string of the molecule is CCCNCC(CCC(C)(C)C)c1cccc(F)c1. The Kier molecular flexibility index (Phi) is 6.50. The van der Waals surface area contributed by atoms with Gasteiger partial charge >= 0.3 is 0 Å². The first-order chi connectivity index (χ1) is 8.92. The first kappa shape index (κ1) is 16.2. The predicted molar refractivity (Wildman–Crippen MR) is 81.0 cm³/mol. The second-order valence-corrected chi connectivity index (χ2v) is 6.56. The molecular weight excluding hydrogens is 237 g/mol. The highest BCUT2D eigenvalue weighted by molar-refractivity contribution is 5.21. The summed E-state index contributed by atoms with van der Waals surface area (Å²) in [6.07, 6.45) is 3.39. The second-order valence-electron chi connectivity index (χ2n) is 6.56. The van der Waals surface area contributed by atoms with Crippen LogP contribution in [0.1, 0.15) is 58.4 Å². The van der Waals surface area contributed by atoms with E-state index in [1.807, 2.05) is 12.1 Å². The molecule has 0 saturated carbocycles. The second kappa shape index (κ2) is 7.64. The maximum absolute atomic E-state index is 13.4. The van der Waals surface area contributed by atoms with Gasteiger partial charge in [-0.05, 0) is 54.8 Å². The van der Waals surface area contributed by atoms with Crippen molar-refractivity contribution >= 4 is 0 Å². The van der Waals surface area contributed by atoms with Crippen LogP contribution < -0.4 is 5.32 Å². The first-order valence-electron chi connectivity index (χ1n) is 7.38. The van der Waals surface area contributed by atoms with E-state index < -0.39 is 0 Å². The van der Waals surface area contributed by atoms with Crippen LogP contribution in [-0.4, -0.2) is 13.1 Å². The van der Waals surface area contributed by atoms with Gasteiger partial charge in [-0.15, -0.1) is 0 Å². The van der Waals surface area contributed by atoms with Crippen molar-refractivity contribution in [2.75, 3.05) is 13.1 Å². The summed E-state index contributed by atoms with van der Waals surface area (Å²) >= 11 is 0. The molecule has 1 N–H and O–H groups in total. The summed E-state index contributed by atoms with van der Waals surface area (Å²) in [5.41, 5.74) is 1.45. The van der Waals surface area contributed by atoms with Crippen LogP contribution in [0.15, 0.2) is 24.3 Å². The molecule has 0 spiro atoms. The molecule has 0 amide bonds. The Morgan fingerprint density at radius 3 is 2.58 bits per heavy atom. The molecule has 0 radical (unpaired) electrons. The number of hydrogen-bond donors (Lipinski definition) is 1. The molecule has 1 aromatic rings. The van der Waals surface area contributed by atoms with E-state index in [0.29, 0.717) is 11.3 Å². The molecule has 1 rings (SSSR count). The van der Waals surface area contributed by atoms with Crippen molar-refractivity contribution < 1.29 is 4.39 Å². The monoisotopic (exact) mass is 265 g/mol. The van der Waals surface area contributed by atoms with E-state index in [4.69, 9.17) is 0 Å². The quantitative estimate of drug-likeness (QED) is 0.702. The van der Waals surface area contributed by atoms with E-state index in [1.54, 1.807) is 6.07 Å². The highest BCUT2D eigenvalue weighted by Gasteiger charge is 2.17. The van der Waals surface area contributed by atoms with Crippen LogP contribution >= 0.6 is 0 Å². The summed E-state index contributed by atoms with van der Waals surface area (Å²) in [6.45, 7) is 10.9. The Bertz CT molecular complexity index is 368. The van der Waals surface area contributed by atoms with Crippen molar-refractivity contribution in [3.63, 3.8) is 0 Å². The van der Waals surface area contributed by atoms with Gasteiger partial charge in [0.15, 0.2) is 0 Å². The third-order valence-electron chi connectivity index (χ3n) is 3.38. The van der Waals surface area contributed by atoms with Gasteiger partial charge in [-0.25, -0.2) is 4.39 Å². The van der Waals surface area contributed by atoms with E-state index in [1.165, 1.54) is 6.07 Å². The van der Waals surface area contributed by atoms with E-state index in [0.717, 1.165) is 37.9 Å². The van der Waals surface area contributed by atoms with Crippen LogP contribution in [0.3, 0.4) is 0 Å². The number of halogens is 1. The Hall–Kier alpha value is -0.890. The van der Waals surface area contributed by atoms with Crippen LogP contribution in [0.25, 0.3) is 0 Å². The van der Waals surface area contributed by atoms with Gasteiger partial charge in [-0.3, -0.25) is 0 Å². The molecule has 0 bridgehead atoms. The Morgan fingerprint density at radius 2 is 2.00 bits per heavy atom. The maximum Gasteiger partial charge on any atom is 0.123 e. The molecule has 1 atom stereocenters. The van der Waals surface area contributed by atoms with Gasteiger partial charge in [-0.2, -0.15) is 0 Å². The van der Waals surface area contributed by atoms with Crippen molar-refractivity contribution in [2.45, 2.75) is 52.9 Å². The molecule has 0 aliphatic carbocycles. The van der Waals surface area contributed by atoms with Crippen LogP contribution in [0.5, 0.6) is 0 Å². The molecule has 0 heterocycles. The minimum atomic E-state index is -0.131. The predicted octanol–water partition coefficient (Wildman–Crippen LogP) is 4.74. The van der Waals surface area contributed by atoms with Crippen molar-refractivity contribution in [3.8, 4) is 0 Å². The molecule has 0 saturated heterocycles. The van der Waals surface area contributed by atoms with Gasteiger partial charge in [0.05, 0.1) is 0 Å². The number of hydrogen-bond acceptors (Lipinski definition) is 1. The first-order valence-corrected chi connectivity index (χ1v) is 7.38. The Balaban J connectivity index is 2.68. The largest absolute Gasteiger partial charge is 0.316 e. The standard InChI is InChI=1S/C17H28FN/c1-5-11-19-13-15(9-10-17(2,3)4)14-7-6-8-16(18)12-14/h6-8,12,15,19H,5,9-11,13H2,1-4H3. The highest BCUT2D eigenvalue weighted by Crippen LogP contribution is 2.28. The zero-order chi connectivity index (χ0) is 14.3. The molecule has 0 aliphatic heterocycles. The molecule has 1 unspecified atom stereocenters. The fourth-order valence-electron chi connectivity index (χ4n) is 2.21. The fourth-order valence-corrected chi connectivity index (χ4v) is 2.21. The molecule has 0 fully saturated rings. The summed E-state index contributed by atoms with van der Waals surface area (Å²) in [4.78, 5) is 0. The van der Waals surface area contributed by atoms with Gasteiger partial charge in [0.1, 0.15) is 5.82 Å². The molecule has 1 aromatic carbocycles. The molecule has 19 heavy (non-hydrogen) atoms. The summed E-state index contributed by atoms with van der Waals surface area (Å²) in [5, 5.41) is 3.47. The summed E-state index contributed by atoms with van der Waals surface area (Å²) in [7, 11) is 0. The van der Waals surface area contributed by atoms with Crippen molar-refractivity contribution in [2.24, 2.45) is 5.41 Å². The zero-order valence-electron chi connectivity index (χ0n) is 12.8. The molecule has 2 heteroatoms. The third kappa shape index (κ3) is 6.72. The number of nitrogens with one attached hydrogen (secondary N) is 1. The van der Waals surface area contributed by atoms with Crippen LogP contribution in [0, 0.1) is 11.2 Å². The summed E-state index contributed by atoms with van der Waals surface area (Å²) in [6, 6.07) is 7.06. The van der Waals surface area contributed by atoms with Gasteiger partial charge in [0.25, 0.3) is 0 Å². The van der Waals surface area contributed by atoms with Gasteiger partial charge in [0.2, 0.25) is 0 Å². The summed E-state index contributed by atoms with van der Waals surface area (Å²) < 4.78 is 13.4. The van der Waals surface area contributed by atoms with E-state index in [-0.39, 0.29) is 5.82 Å². The molecule has 1 nitrogen and oxygen atoms in total. The molecular formula is C17H28FN. The summed E-state index contributed by atoms with van der Waals surface area (Å²) in [5.74, 6) is 0.273. The lowest BCUT2D eigenvalue weighted by Crippen LogP contribution is -2.23. The van der Waals surface area contributed by atoms with Crippen molar-refractivity contribution in [1.29, 1.82) is 0 Å². The zero-order valence-corrected chi connectivity index (χ0v) is 12.8. The Morgan fingerprint density at radius 1 is 1.26 bits per heavy atom. The van der Waals surface area contributed by atoms with Gasteiger partial charge in [-0.1, -0.05) is 39.8 Å². The lowest BCUT2D eigenvalue weighted by Gasteiger charge is -2.24. The van der Waals surface area contributed by atoms with E-state index in [2.05, 4.69) is 33.0 Å². The van der Waals surface area contributed by atoms with Gasteiger partial charge in [0, 0.05) is 6.54 Å². The average Bonchev–Trinajstić information content (AvgIpc) is 2.32. The number of benzene rings is 1. The number of rotatable bonds is 7. The Labute approximate surface area is 117 Å². The fraction of sp³-hybridized carbons (Fsp3) is 0.647. The van der Waals surface area contributed by atoms with Crippen LogP contribution in [-0.2, 0) is 0 Å². The van der Waals surface area contributed by atoms with E-state index >= 15 is 0 Å². The lowest BCUT2D eigenvalue weighted by molar-refractivity contribution is 0.344. The topological polar surface area (TPSA) is 12.0 Å². The van der Waals surface area contributed by atoms with Crippen LogP contribution in [0.4, 0.5) is 4.39 Å². The van der Waals surface area contributed by atoms with Crippen molar-refractivity contribution in [1.82, 2.24) is 5.32 Å². The molecule has 0 aliphatic rings. The van der Waals surface area contributed by atoms with E-state index in [9.17, 15) is 4.39 Å². The molecule has 0 aromatic heterocycles. The lowest BCUT2D eigenvalue weighted by atomic mass is 9.84. The van der Waals surface area contributed by atoms with Gasteiger partial charge < -0.3 is 5.32 Å². The molecule has 108 valence electrons. The normalized spacial score (nSPS) is 13.5. The smallest absolute Gasteiger partial charge is 0.123 e. The van der Waals surface area contributed by atoms with Crippen LogP contribution in [0.2, 0.25) is 0 Å². The third-order valence-corrected chi connectivity index (χ3v) is 3.38. The average molecular weight is 265 g/mol. The highest BCUT2D eigenvalue weighted by atomic mass is 19.1.